The minimum Gasteiger partial charge on any atom is -0.464 e. The van der Waals surface area contributed by atoms with Crippen molar-refractivity contribution in [2.45, 2.75) is 39.2 Å². The van der Waals surface area contributed by atoms with E-state index in [1.54, 1.807) is 39.2 Å². The number of alkyl halides is 1. The van der Waals surface area contributed by atoms with E-state index in [-0.39, 0.29) is 17.0 Å². The number of aryl methyl sites for hydroxylation is 2. The van der Waals surface area contributed by atoms with Crippen molar-refractivity contribution < 1.29 is 30.2 Å². The molecule has 0 saturated heterocycles. The van der Waals surface area contributed by atoms with Crippen molar-refractivity contribution in [3.63, 3.8) is 0 Å². The maximum absolute atomic E-state index is 13.5. The standard InChI is InChI=1S/C12H13FO4S.C11H10ClFO/c1-7-4-12-9(5-11(7)13)10(6-16-12)8(2)17-18(3,14)15;1-6-3-11-8(4-10(6)13)9(5-14-11)7(2)12/h4-6,8H,1-3H3;3-5,7H,1-2H3. The first-order chi connectivity index (χ1) is 14.9. The van der Waals surface area contributed by atoms with Gasteiger partial charge in [-0.2, -0.15) is 8.42 Å². The van der Waals surface area contributed by atoms with Gasteiger partial charge >= 0.3 is 0 Å². The Bertz CT molecular complexity index is 1370. The molecule has 2 unspecified atom stereocenters. The molecule has 0 spiro atoms. The Hall–Kier alpha value is -2.42. The second kappa shape index (κ2) is 9.21. The molecule has 0 aliphatic heterocycles. The smallest absolute Gasteiger partial charge is 0.264 e. The summed E-state index contributed by atoms with van der Waals surface area (Å²) in [6.45, 7) is 6.75. The minimum absolute atomic E-state index is 0.168. The van der Waals surface area contributed by atoms with E-state index >= 15 is 0 Å². The molecule has 2 atom stereocenters. The molecule has 4 aromatic rings. The predicted molar refractivity (Wildman–Crippen MR) is 120 cm³/mol. The number of rotatable bonds is 4. The highest BCUT2D eigenvalue weighted by Crippen LogP contribution is 2.32. The maximum atomic E-state index is 13.5. The molecule has 0 saturated carbocycles. The van der Waals surface area contributed by atoms with Crippen LogP contribution in [0.15, 0.2) is 45.6 Å². The molecular formula is C23H23ClF2O5S. The Kier molecular flexibility index (Phi) is 6.97. The number of hydrogen-bond acceptors (Lipinski definition) is 5. The molecule has 5 nitrogen and oxygen atoms in total. The van der Waals surface area contributed by atoms with Gasteiger partial charge in [0.15, 0.2) is 0 Å². The van der Waals surface area contributed by atoms with Crippen molar-refractivity contribution in [2.75, 3.05) is 6.26 Å². The molecule has 0 aliphatic carbocycles. The van der Waals surface area contributed by atoms with Crippen molar-refractivity contribution in [2.24, 2.45) is 0 Å². The van der Waals surface area contributed by atoms with Gasteiger partial charge in [0.1, 0.15) is 28.9 Å². The third-order valence-electron chi connectivity index (χ3n) is 4.96. The van der Waals surface area contributed by atoms with Crippen molar-refractivity contribution in [3.8, 4) is 0 Å². The lowest BCUT2D eigenvalue weighted by Crippen LogP contribution is -2.07. The van der Waals surface area contributed by atoms with E-state index in [0.717, 1.165) is 17.2 Å². The van der Waals surface area contributed by atoms with Crippen molar-refractivity contribution in [3.05, 3.63) is 70.7 Å². The van der Waals surface area contributed by atoms with Gasteiger partial charge in [-0.05, 0) is 63.1 Å². The van der Waals surface area contributed by atoms with Gasteiger partial charge in [-0.15, -0.1) is 11.6 Å². The van der Waals surface area contributed by atoms with Crippen LogP contribution in [0.5, 0.6) is 0 Å². The van der Waals surface area contributed by atoms with Crippen LogP contribution in [0.25, 0.3) is 21.9 Å². The van der Waals surface area contributed by atoms with Crippen LogP contribution in [0, 0.1) is 25.5 Å². The zero-order valence-electron chi connectivity index (χ0n) is 18.2. The normalized spacial score (nSPS) is 13.8. The summed E-state index contributed by atoms with van der Waals surface area (Å²) in [6, 6.07) is 6.06. The lowest BCUT2D eigenvalue weighted by Gasteiger charge is -2.09. The van der Waals surface area contributed by atoms with Crippen LogP contribution in [0.4, 0.5) is 8.78 Å². The molecule has 0 radical (unpaired) electrons. The van der Waals surface area contributed by atoms with Crippen LogP contribution in [0.2, 0.25) is 0 Å². The molecule has 172 valence electrons. The van der Waals surface area contributed by atoms with Crippen LogP contribution >= 0.6 is 11.6 Å². The largest absolute Gasteiger partial charge is 0.464 e. The van der Waals surface area contributed by atoms with Crippen molar-refractivity contribution in [1.29, 1.82) is 0 Å². The number of furan rings is 2. The highest BCUT2D eigenvalue weighted by atomic mass is 35.5. The molecule has 0 bridgehead atoms. The average molecular weight is 485 g/mol. The fraction of sp³-hybridized carbons (Fsp3) is 0.304. The third kappa shape index (κ3) is 5.31. The average Bonchev–Trinajstić information content (AvgIpc) is 3.25. The molecular weight excluding hydrogens is 462 g/mol. The maximum Gasteiger partial charge on any atom is 0.264 e. The Balaban J connectivity index is 0.000000186. The van der Waals surface area contributed by atoms with E-state index in [9.17, 15) is 17.2 Å². The van der Waals surface area contributed by atoms with Gasteiger partial charge in [0.05, 0.1) is 24.2 Å². The highest BCUT2D eigenvalue weighted by molar-refractivity contribution is 7.86. The van der Waals surface area contributed by atoms with Crippen molar-refractivity contribution in [1.82, 2.24) is 0 Å². The van der Waals surface area contributed by atoms with E-state index in [0.29, 0.717) is 33.2 Å². The Morgan fingerprint density at radius 2 is 1.31 bits per heavy atom. The van der Waals surface area contributed by atoms with Crippen LogP contribution in [0.1, 0.15) is 47.6 Å². The molecule has 2 heterocycles. The fourth-order valence-corrected chi connectivity index (χ4v) is 4.07. The molecule has 2 aromatic carbocycles. The molecule has 0 N–H and O–H groups in total. The zero-order chi connectivity index (χ0) is 23.8. The van der Waals surface area contributed by atoms with Crippen molar-refractivity contribution >= 4 is 43.7 Å². The van der Waals surface area contributed by atoms with Gasteiger partial charge in [-0.3, -0.25) is 4.18 Å². The van der Waals surface area contributed by atoms with Crippen LogP contribution < -0.4 is 0 Å². The van der Waals surface area contributed by atoms with Crippen LogP contribution in [0.3, 0.4) is 0 Å². The number of benzene rings is 2. The Labute approximate surface area is 190 Å². The monoisotopic (exact) mass is 484 g/mol. The zero-order valence-corrected chi connectivity index (χ0v) is 19.8. The first-order valence-electron chi connectivity index (χ1n) is 9.74. The summed E-state index contributed by atoms with van der Waals surface area (Å²) < 4.78 is 64.3. The summed E-state index contributed by atoms with van der Waals surface area (Å²) in [5, 5.41) is 1.11. The molecule has 0 fully saturated rings. The van der Waals surface area contributed by atoms with E-state index < -0.39 is 16.2 Å². The number of halogens is 3. The first kappa shape index (κ1) is 24.2. The fourth-order valence-electron chi connectivity index (χ4n) is 3.27. The highest BCUT2D eigenvalue weighted by Gasteiger charge is 2.19. The quantitative estimate of drug-likeness (QED) is 0.228. The van der Waals surface area contributed by atoms with Gasteiger partial charge in [0.25, 0.3) is 10.1 Å². The topological polar surface area (TPSA) is 69.7 Å². The molecule has 0 aliphatic rings. The molecule has 0 amide bonds. The predicted octanol–water partition coefficient (Wildman–Crippen LogP) is 7.10. The van der Waals surface area contributed by atoms with Gasteiger partial charge in [-0.25, -0.2) is 8.78 Å². The van der Waals surface area contributed by atoms with E-state index in [1.165, 1.54) is 18.4 Å². The third-order valence-corrected chi connectivity index (χ3v) is 5.83. The number of hydrogen-bond donors (Lipinski definition) is 0. The Morgan fingerprint density at radius 3 is 1.75 bits per heavy atom. The van der Waals surface area contributed by atoms with Crippen LogP contribution in [-0.2, 0) is 14.3 Å². The summed E-state index contributed by atoms with van der Waals surface area (Å²) in [7, 11) is -3.57. The summed E-state index contributed by atoms with van der Waals surface area (Å²) in [6.07, 6.45) is 3.22. The minimum atomic E-state index is -3.57. The summed E-state index contributed by atoms with van der Waals surface area (Å²) in [4.78, 5) is 0. The van der Waals surface area contributed by atoms with Gasteiger partial charge < -0.3 is 8.83 Å². The molecule has 4 rings (SSSR count). The molecule has 2 aromatic heterocycles. The van der Waals surface area contributed by atoms with E-state index in [4.69, 9.17) is 24.6 Å². The first-order valence-corrected chi connectivity index (χ1v) is 12.0. The Morgan fingerprint density at radius 1 is 0.875 bits per heavy atom. The van der Waals surface area contributed by atoms with Gasteiger partial charge in [-0.1, -0.05) is 0 Å². The molecule has 32 heavy (non-hydrogen) atoms. The molecule has 9 heteroatoms. The second-order valence-electron chi connectivity index (χ2n) is 7.64. The lowest BCUT2D eigenvalue weighted by atomic mass is 10.1. The summed E-state index contributed by atoms with van der Waals surface area (Å²) in [5.41, 5.74) is 3.59. The summed E-state index contributed by atoms with van der Waals surface area (Å²) >= 11 is 5.93. The van der Waals surface area contributed by atoms with Gasteiger partial charge in [0.2, 0.25) is 0 Å². The lowest BCUT2D eigenvalue weighted by molar-refractivity contribution is 0.237. The summed E-state index contributed by atoms with van der Waals surface area (Å²) in [5.74, 6) is -0.589. The second-order valence-corrected chi connectivity index (χ2v) is 9.89. The van der Waals surface area contributed by atoms with E-state index in [2.05, 4.69) is 0 Å². The number of fused-ring (bicyclic) bond motifs is 2. The van der Waals surface area contributed by atoms with Gasteiger partial charge in [0, 0.05) is 21.9 Å². The van der Waals surface area contributed by atoms with Crippen LogP contribution in [-0.4, -0.2) is 14.7 Å². The van der Waals surface area contributed by atoms with E-state index in [1.807, 2.05) is 6.92 Å². The SMILES string of the molecule is Cc1cc2occ(C(C)Cl)c2cc1F.Cc1cc2occ(C(C)OS(C)(=O)=O)c2cc1F.